The van der Waals surface area contributed by atoms with Crippen LogP contribution in [0.4, 0.5) is 11.6 Å². The van der Waals surface area contributed by atoms with Crippen LogP contribution in [0.5, 0.6) is 0 Å². The predicted molar refractivity (Wildman–Crippen MR) is 90.2 cm³/mol. The molecule has 1 fully saturated rings. The van der Waals surface area contributed by atoms with Crippen molar-refractivity contribution in [1.29, 1.82) is 0 Å². The molecule has 118 valence electrons. The number of aromatic nitrogens is 2. The fourth-order valence-electron chi connectivity index (χ4n) is 2.56. The summed E-state index contributed by atoms with van der Waals surface area (Å²) in [5.74, 6) is 4.46. The molecule has 4 nitrogen and oxygen atoms in total. The van der Waals surface area contributed by atoms with Gasteiger partial charge >= 0.3 is 0 Å². The zero-order valence-corrected chi connectivity index (χ0v) is 14.2. The Morgan fingerprint density at radius 3 is 2.48 bits per heavy atom. The summed E-state index contributed by atoms with van der Waals surface area (Å²) < 4.78 is 0. The van der Waals surface area contributed by atoms with E-state index in [1.165, 1.54) is 24.8 Å². The van der Waals surface area contributed by atoms with Crippen molar-refractivity contribution in [3.8, 4) is 0 Å². The topological polar surface area (TPSA) is 41.1 Å². The van der Waals surface area contributed by atoms with Crippen LogP contribution in [-0.4, -0.2) is 29.6 Å². The maximum atomic E-state index is 4.91. The van der Waals surface area contributed by atoms with Crippen molar-refractivity contribution in [1.82, 2.24) is 9.97 Å². The molecule has 0 spiro atoms. The molecule has 21 heavy (non-hydrogen) atoms. The van der Waals surface area contributed by atoms with Crippen LogP contribution in [0.15, 0.2) is 0 Å². The summed E-state index contributed by atoms with van der Waals surface area (Å²) in [4.78, 5) is 12.1. The molecule has 1 aromatic heterocycles. The molecule has 1 heterocycles. The van der Waals surface area contributed by atoms with E-state index in [-0.39, 0.29) is 0 Å². The Hall–Kier alpha value is -1.32. The summed E-state index contributed by atoms with van der Waals surface area (Å²) in [6.45, 7) is 14.0. The summed E-state index contributed by atoms with van der Waals surface area (Å²) >= 11 is 0. The minimum atomic E-state index is 0.587. The van der Waals surface area contributed by atoms with Crippen LogP contribution in [0.3, 0.4) is 0 Å². The van der Waals surface area contributed by atoms with Crippen LogP contribution >= 0.6 is 0 Å². The molecule has 4 heteroatoms. The van der Waals surface area contributed by atoms with Crippen LogP contribution < -0.4 is 10.2 Å². The summed E-state index contributed by atoms with van der Waals surface area (Å²) in [5.41, 5.74) is 1.19. The first-order valence-corrected chi connectivity index (χ1v) is 8.47. The van der Waals surface area contributed by atoms with Crippen molar-refractivity contribution in [3.05, 3.63) is 11.4 Å². The maximum absolute atomic E-state index is 4.91. The maximum Gasteiger partial charge on any atom is 0.137 e. The van der Waals surface area contributed by atoms with E-state index < -0.39 is 0 Å². The van der Waals surface area contributed by atoms with Crippen molar-refractivity contribution in [2.24, 2.45) is 5.92 Å². The van der Waals surface area contributed by atoms with Gasteiger partial charge in [-0.15, -0.1) is 0 Å². The summed E-state index contributed by atoms with van der Waals surface area (Å²) in [6, 6.07) is 0. The Balaban J connectivity index is 2.34. The summed E-state index contributed by atoms with van der Waals surface area (Å²) in [5, 5.41) is 3.41. The minimum Gasteiger partial charge on any atom is -0.370 e. The molecule has 2 rings (SSSR count). The minimum absolute atomic E-state index is 0.587. The Morgan fingerprint density at radius 2 is 1.95 bits per heavy atom. The monoisotopic (exact) mass is 290 g/mol. The number of nitrogens with zero attached hydrogens (tertiary/aromatic N) is 3. The first-order chi connectivity index (χ1) is 10.1. The van der Waals surface area contributed by atoms with Gasteiger partial charge in [-0.25, -0.2) is 9.97 Å². The third-order valence-corrected chi connectivity index (χ3v) is 4.33. The van der Waals surface area contributed by atoms with Crippen molar-refractivity contribution < 1.29 is 0 Å². The number of anilines is 2. The highest BCUT2D eigenvalue weighted by atomic mass is 15.2. The van der Waals surface area contributed by atoms with Gasteiger partial charge in [-0.2, -0.15) is 0 Å². The molecule has 0 saturated heterocycles. The molecule has 0 amide bonds. The quantitative estimate of drug-likeness (QED) is 0.786. The molecule has 1 aliphatic rings. The van der Waals surface area contributed by atoms with E-state index in [9.17, 15) is 0 Å². The Labute approximate surface area is 129 Å². The molecule has 1 aliphatic carbocycles. The van der Waals surface area contributed by atoms with Gasteiger partial charge in [0.2, 0.25) is 0 Å². The number of nitrogens with one attached hydrogen (secondary N) is 1. The fourth-order valence-corrected chi connectivity index (χ4v) is 2.56. The average Bonchev–Trinajstić information content (AvgIpc) is 3.31. The molecular formula is C17H30N4. The lowest BCUT2D eigenvalue weighted by Gasteiger charge is -2.27. The molecule has 1 atom stereocenters. The highest BCUT2D eigenvalue weighted by Crippen LogP contribution is 2.40. The van der Waals surface area contributed by atoms with Crippen LogP contribution in [-0.2, 0) is 0 Å². The second-order valence-electron chi connectivity index (χ2n) is 6.24. The van der Waals surface area contributed by atoms with Gasteiger partial charge in [-0.3, -0.25) is 0 Å². The Morgan fingerprint density at radius 1 is 1.24 bits per heavy atom. The first-order valence-electron chi connectivity index (χ1n) is 8.47. The molecule has 0 aliphatic heterocycles. The third-order valence-electron chi connectivity index (χ3n) is 4.33. The van der Waals surface area contributed by atoms with Crippen molar-refractivity contribution >= 4 is 11.6 Å². The van der Waals surface area contributed by atoms with Gasteiger partial charge in [0, 0.05) is 31.1 Å². The van der Waals surface area contributed by atoms with E-state index in [1.807, 2.05) is 0 Å². The van der Waals surface area contributed by atoms with E-state index in [4.69, 9.17) is 9.97 Å². The van der Waals surface area contributed by atoms with Crippen LogP contribution in [0.1, 0.15) is 64.3 Å². The second-order valence-corrected chi connectivity index (χ2v) is 6.24. The van der Waals surface area contributed by atoms with Gasteiger partial charge in [0.1, 0.15) is 17.5 Å². The first kappa shape index (κ1) is 16.1. The second kappa shape index (κ2) is 7.10. The lowest BCUT2D eigenvalue weighted by atomic mass is 10.1. The smallest absolute Gasteiger partial charge is 0.137 e. The van der Waals surface area contributed by atoms with Crippen molar-refractivity contribution in [2.75, 3.05) is 29.9 Å². The highest BCUT2D eigenvalue weighted by molar-refractivity contribution is 5.59. The Bertz CT molecular complexity index is 468. The molecule has 0 radical (unpaired) electrons. The van der Waals surface area contributed by atoms with Gasteiger partial charge in [-0.1, -0.05) is 20.3 Å². The number of hydrogen-bond acceptors (Lipinski definition) is 4. The van der Waals surface area contributed by atoms with Crippen LogP contribution in [0, 0.1) is 12.8 Å². The predicted octanol–water partition coefficient (Wildman–Crippen LogP) is 3.97. The summed E-state index contributed by atoms with van der Waals surface area (Å²) in [6.07, 6.45) is 3.69. The number of rotatable bonds is 8. The van der Waals surface area contributed by atoms with E-state index in [2.05, 4.69) is 44.8 Å². The largest absolute Gasteiger partial charge is 0.370 e. The lowest BCUT2D eigenvalue weighted by molar-refractivity contribution is 0.544. The van der Waals surface area contributed by atoms with Gasteiger partial charge in [0.25, 0.3) is 0 Å². The van der Waals surface area contributed by atoms with Gasteiger partial charge in [0.05, 0.1) is 0 Å². The SMILES string of the molecule is CCNc1nc(C2CC2)nc(N(CC)CC(C)CC)c1C. The van der Waals surface area contributed by atoms with E-state index >= 15 is 0 Å². The van der Waals surface area contributed by atoms with E-state index in [0.717, 1.165) is 37.1 Å². The zero-order chi connectivity index (χ0) is 15.4. The van der Waals surface area contributed by atoms with Gasteiger partial charge in [-0.05, 0) is 39.5 Å². The highest BCUT2D eigenvalue weighted by Gasteiger charge is 2.29. The molecule has 1 unspecified atom stereocenters. The van der Waals surface area contributed by atoms with E-state index in [1.54, 1.807) is 0 Å². The van der Waals surface area contributed by atoms with Crippen molar-refractivity contribution in [3.63, 3.8) is 0 Å². The third kappa shape index (κ3) is 3.86. The molecule has 1 N–H and O–H groups in total. The zero-order valence-electron chi connectivity index (χ0n) is 14.2. The molecule has 0 bridgehead atoms. The standard InChI is InChI=1S/C17H30N4/c1-6-12(4)11-21(8-3)17-13(5)15(18-7-2)19-16(20-17)14-9-10-14/h12,14H,6-11H2,1-5H3,(H,18,19,20). The molecule has 0 aromatic carbocycles. The van der Waals surface area contributed by atoms with Crippen LogP contribution in [0.25, 0.3) is 0 Å². The lowest BCUT2D eigenvalue weighted by Crippen LogP contribution is -2.30. The van der Waals surface area contributed by atoms with Gasteiger partial charge in [0.15, 0.2) is 0 Å². The fraction of sp³-hybridized carbons (Fsp3) is 0.765. The summed E-state index contributed by atoms with van der Waals surface area (Å²) in [7, 11) is 0. The van der Waals surface area contributed by atoms with Gasteiger partial charge < -0.3 is 10.2 Å². The van der Waals surface area contributed by atoms with Crippen LogP contribution in [0.2, 0.25) is 0 Å². The Kier molecular flexibility index (Phi) is 5.43. The average molecular weight is 290 g/mol. The van der Waals surface area contributed by atoms with E-state index in [0.29, 0.717) is 11.8 Å². The molecule has 1 aromatic rings. The number of hydrogen-bond donors (Lipinski definition) is 1. The normalized spacial score (nSPS) is 15.9. The molecule has 1 saturated carbocycles. The van der Waals surface area contributed by atoms with Crippen molar-refractivity contribution in [2.45, 2.75) is 59.8 Å². The molecular weight excluding hydrogens is 260 g/mol.